The van der Waals surface area contributed by atoms with Crippen molar-refractivity contribution in [3.05, 3.63) is 18.1 Å². The van der Waals surface area contributed by atoms with E-state index >= 15 is 0 Å². The predicted octanol–water partition coefficient (Wildman–Crippen LogP) is -0.466. The molecule has 0 saturated heterocycles. The first kappa shape index (κ1) is 9.11. The number of anilines is 1. The number of hydrogen-bond acceptors (Lipinski definition) is 4. The minimum atomic E-state index is -0.681. The zero-order valence-corrected chi connectivity index (χ0v) is 6.94. The van der Waals surface area contributed by atoms with Gasteiger partial charge >= 0.3 is 0 Å². The summed E-state index contributed by atoms with van der Waals surface area (Å²) in [5, 5.41) is 2.38. The number of nitrogens with zero attached hydrogens (tertiary/aromatic N) is 2. The van der Waals surface area contributed by atoms with E-state index < -0.39 is 5.91 Å². The molecule has 2 amide bonds. The highest BCUT2D eigenvalue weighted by atomic mass is 16.2. The van der Waals surface area contributed by atoms with Crippen molar-refractivity contribution in [1.82, 2.24) is 9.97 Å². The van der Waals surface area contributed by atoms with Crippen molar-refractivity contribution in [3.63, 3.8) is 0 Å². The number of amides is 2. The van der Waals surface area contributed by atoms with Crippen molar-refractivity contribution in [2.24, 2.45) is 5.73 Å². The van der Waals surface area contributed by atoms with E-state index in [0.29, 0.717) is 0 Å². The highest BCUT2D eigenvalue weighted by molar-refractivity contribution is 5.92. The molecule has 0 unspecified atom stereocenters. The Morgan fingerprint density at radius 1 is 1.46 bits per heavy atom. The van der Waals surface area contributed by atoms with Crippen LogP contribution in [0, 0.1) is 0 Å². The van der Waals surface area contributed by atoms with Crippen molar-refractivity contribution in [3.8, 4) is 0 Å². The van der Waals surface area contributed by atoms with Crippen LogP contribution in [0.25, 0.3) is 0 Å². The van der Waals surface area contributed by atoms with E-state index in [9.17, 15) is 9.59 Å². The molecule has 13 heavy (non-hydrogen) atoms. The van der Waals surface area contributed by atoms with Crippen molar-refractivity contribution < 1.29 is 9.59 Å². The molecule has 0 aliphatic rings. The normalized spacial score (nSPS) is 9.31. The highest BCUT2D eigenvalue weighted by Crippen LogP contribution is 2.00. The topological polar surface area (TPSA) is 98.0 Å². The fourth-order valence-corrected chi connectivity index (χ4v) is 0.725. The summed E-state index contributed by atoms with van der Waals surface area (Å²) in [4.78, 5) is 28.7. The lowest BCUT2D eigenvalue weighted by Gasteiger charge is -2.00. The number of hydrogen-bond donors (Lipinski definition) is 2. The third-order valence-electron chi connectivity index (χ3n) is 1.19. The molecule has 0 bridgehead atoms. The second-order valence-corrected chi connectivity index (χ2v) is 2.33. The third kappa shape index (κ3) is 2.51. The molecule has 1 rings (SSSR count). The first-order valence-corrected chi connectivity index (χ1v) is 3.49. The number of carbonyl (C=O) groups is 2. The Labute approximate surface area is 74.2 Å². The fraction of sp³-hybridized carbons (Fsp3) is 0.143. The first-order valence-electron chi connectivity index (χ1n) is 3.49. The minimum Gasteiger partial charge on any atom is -0.364 e. The molecule has 0 spiro atoms. The first-order chi connectivity index (χ1) is 6.09. The molecule has 0 saturated carbocycles. The molecule has 68 valence electrons. The van der Waals surface area contributed by atoms with Crippen molar-refractivity contribution in [2.75, 3.05) is 5.32 Å². The molecule has 6 nitrogen and oxygen atoms in total. The van der Waals surface area contributed by atoms with Gasteiger partial charge in [0, 0.05) is 6.92 Å². The highest BCUT2D eigenvalue weighted by Gasteiger charge is 2.04. The lowest BCUT2D eigenvalue weighted by atomic mass is 10.4. The van der Waals surface area contributed by atoms with Crippen LogP contribution in [-0.2, 0) is 4.79 Å². The summed E-state index contributed by atoms with van der Waals surface area (Å²) >= 11 is 0. The lowest BCUT2D eigenvalue weighted by Crippen LogP contribution is -2.15. The van der Waals surface area contributed by atoms with E-state index in [-0.39, 0.29) is 17.4 Å². The van der Waals surface area contributed by atoms with E-state index in [1.807, 2.05) is 0 Å². The monoisotopic (exact) mass is 180 g/mol. The molecule has 3 N–H and O–H groups in total. The molecule has 0 aliphatic heterocycles. The van der Waals surface area contributed by atoms with Gasteiger partial charge in [-0.2, -0.15) is 0 Å². The quantitative estimate of drug-likeness (QED) is 0.643. The average molecular weight is 180 g/mol. The Morgan fingerprint density at radius 3 is 2.69 bits per heavy atom. The van der Waals surface area contributed by atoms with Gasteiger partial charge in [0.2, 0.25) is 5.91 Å². The second-order valence-electron chi connectivity index (χ2n) is 2.33. The molecular formula is C7H8N4O2. The van der Waals surface area contributed by atoms with Crippen molar-refractivity contribution in [1.29, 1.82) is 0 Å². The summed E-state index contributed by atoms with van der Waals surface area (Å²) in [6, 6.07) is 0. The smallest absolute Gasteiger partial charge is 0.268 e. The minimum absolute atomic E-state index is 0.0197. The number of nitrogens with one attached hydrogen (secondary N) is 1. The number of primary amides is 1. The number of aromatic nitrogens is 2. The van der Waals surface area contributed by atoms with Crippen LogP contribution in [0.4, 0.5) is 5.82 Å². The van der Waals surface area contributed by atoms with Crippen LogP contribution in [-0.4, -0.2) is 21.8 Å². The maximum absolute atomic E-state index is 10.6. The van der Waals surface area contributed by atoms with Gasteiger partial charge in [0.1, 0.15) is 5.69 Å². The molecule has 0 atom stereocenters. The van der Waals surface area contributed by atoms with Crippen molar-refractivity contribution >= 4 is 17.6 Å². The summed E-state index contributed by atoms with van der Waals surface area (Å²) in [7, 11) is 0. The third-order valence-corrected chi connectivity index (χ3v) is 1.19. The number of rotatable bonds is 2. The molecule has 1 heterocycles. The van der Waals surface area contributed by atoms with Gasteiger partial charge in [0.15, 0.2) is 5.82 Å². The van der Waals surface area contributed by atoms with Crippen LogP contribution >= 0.6 is 0 Å². The average Bonchev–Trinajstić information content (AvgIpc) is 2.03. The van der Waals surface area contributed by atoms with Crippen molar-refractivity contribution in [2.45, 2.75) is 6.92 Å². The van der Waals surface area contributed by atoms with E-state index in [4.69, 9.17) is 5.73 Å². The molecule has 1 aromatic rings. The Kier molecular flexibility index (Phi) is 2.53. The maximum Gasteiger partial charge on any atom is 0.268 e. The van der Waals surface area contributed by atoms with Gasteiger partial charge in [-0.15, -0.1) is 0 Å². The molecule has 0 aromatic carbocycles. The van der Waals surface area contributed by atoms with Gasteiger partial charge in [0.25, 0.3) is 5.91 Å². The SMILES string of the molecule is CC(=O)Nc1cncc(C(N)=O)n1. The zero-order valence-electron chi connectivity index (χ0n) is 6.94. The van der Waals surface area contributed by atoms with Crippen LogP contribution in [0.15, 0.2) is 12.4 Å². The molecular weight excluding hydrogens is 172 g/mol. The molecule has 0 fully saturated rings. The predicted molar refractivity (Wildman–Crippen MR) is 44.9 cm³/mol. The summed E-state index contributed by atoms with van der Waals surface area (Å²) in [6.07, 6.45) is 2.56. The van der Waals surface area contributed by atoms with Crippen LogP contribution < -0.4 is 11.1 Å². The molecule has 0 radical (unpaired) electrons. The standard InChI is InChI=1S/C7H8N4O2/c1-4(12)10-6-3-9-2-5(11-6)7(8)13/h2-3H,1H3,(H2,8,13)(H,10,11,12). The van der Waals surface area contributed by atoms with Crippen LogP contribution in [0.5, 0.6) is 0 Å². The van der Waals surface area contributed by atoms with Crippen LogP contribution in [0.2, 0.25) is 0 Å². The van der Waals surface area contributed by atoms with E-state index in [1.165, 1.54) is 19.3 Å². The number of carbonyl (C=O) groups excluding carboxylic acids is 2. The largest absolute Gasteiger partial charge is 0.364 e. The van der Waals surface area contributed by atoms with Gasteiger partial charge in [0.05, 0.1) is 12.4 Å². The summed E-state index contributed by atoms with van der Waals surface area (Å²) < 4.78 is 0. The van der Waals surface area contributed by atoms with E-state index in [0.717, 1.165) is 0 Å². The summed E-state index contributed by atoms with van der Waals surface area (Å²) in [5.74, 6) is -0.751. The molecule has 1 aromatic heterocycles. The molecule has 0 aliphatic carbocycles. The van der Waals surface area contributed by atoms with E-state index in [2.05, 4.69) is 15.3 Å². The Balaban J connectivity index is 2.91. The van der Waals surface area contributed by atoms with Gasteiger partial charge in [-0.3, -0.25) is 14.6 Å². The Hall–Kier alpha value is -1.98. The Bertz CT molecular complexity index is 350. The van der Waals surface area contributed by atoms with E-state index in [1.54, 1.807) is 0 Å². The maximum atomic E-state index is 10.6. The fourth-order valence-electron chi connectivity index (χ4n) is 0.725. The van der Waals surface area contributed by atoms with Gasteiger partial charge in [-0.1, -0.05) is 0 Å². The second kappa shape index (κ2) is 3.61. The van der Waals surface area contributed by atoms with Crippen LogP contribution in [0.3, 0.4) is 0 Å². The lowest BCUT2D eigenvalue weighted by molar-refractivity contribution is -0.114. The summed E-state index contributed by atoms with van der Waals surface area (Å²) in [6.45, 7) is 1.33. The Morgan fingerprint density at radius 2 is 2.15 bits per heavy atom. The number of nitrogens with two attached hydrogens (primary N) is 1. The van der Waals surface area contributed by atoms with Crippen LogP contribution in [0.1, 0.15) is 17.4 Å². The summed E-state index contributed by atoms with van der Waals surface area (Å²) in [5.41, 5.74) is 4.98. The van der Waals surface area contributed by atoms with Gasteiger partial charge < -0.3 is 11.1 Å². The van der Waals surface area contributed by atoms with Gasteiger partial charge in [-0.25, -0.2) is 4.98 Å². The zero-order chi connectivity index (χ0) is 9.84. The van der Waals surface area contributed by atoms with Gasteiger partial charge in [-0.05, 0) is 0 Å². The molecule has 6 heteroatoms.